The molecule has 2 saturated heterocycles. The first-order valence-corrected chi connectivity index (χ1v) is 11.3. The fraction of sp³-hybridized carbons (Fsp3) is 0.583. The van der Waals surface area contributed by atoms with Crippen LogP contribution in [0.15, 0.2) is 28.8 Å². The number of ether oxygens (including phenoxy) is 2. The van der Waals surface area contributed by atoms with E-state index in [1.54, 1.807) is 14.2 Å². The standard InChI is InChI=1S/C24H33N3O4/c1-17-9-12-27(13-10-17)24(28)22-14-20(25-31-22)18-7-5-11-26(15-18)16-19-6-4-8-21(29-2)23(19)30-3/h4,6,8,14,17-18H,5,7,9-13,15-16H2,1-3H3. The lowest BCUT2D eigenvalue weighted by molar-refractivity contribution is 0.0655. The zero-order chi connectivity index (χ0) is 21.8. The largest absolute Gasteiger partial charge is 0.493 e. The van der Waals surface area contributed by atoms with Crippen LogP contribution in [0.1, 0.15) is 60.3 Å². The van der Waals surface area contributed by atoms with Gasteiger partial charge in [-0.2, -0.15) is 0 Å². The molecule has 1 amide bonds. The van der Waals surface area contributed by atoms with Crippen molar-refractivity contribution in [3.05, 3.63) is 41.3 Å². The lowest BCUT2D eigenvalue weighted by atomic mass is 9.94. The summed E-state index contributed by atoms with van der Waals surface area (Å²) in [5, 5.41) is 4.28. The molecule has 0 N–H and O–H groups in total. The summed E-state index contributed by atoms with van der Waals surface area (Å²) >= 11 is 0. The van der Waals surface area contributed by atoms with Gasteiger partial charge in [0, 0.05) is 43.7 Å². The zero-order valence-corrected chi connectivity index (χ0v) is 18.8. The molecule has 2 aliphatic rings. The minimum Gasteiger partial charge on any atom is -0.493 e. The monoisotopic (exact) mass is 427 g/mol. The second-order valence-corrected chi connectivity index (χ2v) is 8.82. The molecule has 0 bridgehead atoms. The molecule has 1 aromatic heterocycles. The van der Waals surface area contributed by atoms with Gasteiger partial charge in [0.2, 0.25) is 5.76 Å². The van der Waals surface area contributed by atoms with Crippen LogP contribution < -0.4 is 9.47 Å². The number of benzene rings is 1. The minimum atomic E-state index is -0.0283. The van der Waals surface area contributed by atoms with Gasteiger partial charge in [0.1, 0.15) is 0 Å². The lowest BCUT2D eigenvalue weighted by Gasteiger charge is -2.32. The van der Waals surface area contributed by atoms with Crippen LogP contribution in [0.2, 0.25) is 0 Å². The molecule has 0 radical (unpaired) electrons. The maximum absolute atomic E-state index is 12.8. The number of para-hydroxylation sites is 1. The number of nitrogens with zero attached hydrogens (tertiary/aromatic N) is 3. The van der Waals surface area contributed by atoms with Crippen LogP contribution in [0.25, 0.3) is 0 Å². The van der Waals surface area contributed by atoms with Gasteiger partial charge < -0.3 is 18.9 Å². The first kappa shape index (κ1) is 21.7. The second-order valence-electron chi connectivity index (χ2n) is 8.82. The maximum Gasteiger partial charge on any atom is 0.292 e. The van der Waals surface area contributed by atoms with E-state index in [1.165, 1.54) is 0 Å². The summed E-state index contributed by atoms with van der Waals surface area (Å²) in [6.07, 6.45) is 4.24. The fourth-order valence-corrected chi connectivity index (χ4v) is 4.71. The topological polar surface area (TPSA) is 68.0 Å². The third-order valence-electron chi connectivity index (χ3n) is 6.61. The van der Waals surface area contributed by atoms with Crippen molar-refractivity contribution in [1.82, 2.24) is 15.0 Å². The van der Waals surface area contributed by atoms with Crippen molar-refractivity contribution < 1.29 is 18.8 Å². The Morgan fingerprint density at radius 2 is 1.97 bits per heavy atom. The highest BCUT2D eigenvalue weighted by Crippen LogP contribution is 2.34. The molecule has 3 heterocycles. The van der Waals surface area contributed by atoms with Crippen LogP contribution in [0, 0.1) is 5.92 Å². The van der Waals surface area contributed by atoms with E-state index >= 15 is 0 Å². The van der Waals surface area contributed by atoms with Gasteiger partial charge >= 0.3 is 0 Å². The van der Waals surface area contributed by atoms with Gasteiger partial charge in [-0.05, 0) is 44.2 Å². The van der Waals surface area contributed by atoms with Crippen LogP contribution in [-0.4, -0.2) is 61.3 Å². The van der Waals surface area contributed by atoms with E-state index in [1.807, 2.05) is 23.1 Å². The van der Waals surface area contributed by atoms with Crippen LogP contribution in [-0.2, 0) is 6.54 Å². The highest BCUT2D eigenvalue weighted by molar-refractivity contribution is 5.91. The molecule has 168 valence electrons. The normalized spacial score (nSPS) is 20.6. The average Bonchev–Trinajstić information content (AvgIpc) is 3.29. The lowest BCUT2D eigenvalue weighted by Crippen LogP contribution is -2.37. The number of hydrogen-bond donors (Lipinski definition) is 0. The number of carbonyl (C=O) groups is 1. The van der Waals surface area contributed by atoms with E-state index in [4.69, 9.17) is 14.0 Å². The van der Waals surface area contributed by atoms with Crippen molar-refractivity contribution in [2.75, 3.05) is 40.4 Å². The van der Waals surface area contributed by atoms with E-state index in [2.05, 4.69) is 23.0 Å². The first-order chi connectivity index (χ1) is 15.1. The molecule has 0 saturated carbocycles. The molecule has 7 heteroatoms. The third kappa shape index (κ3) is 4.87. The summed E-state index contributed by atoms with van der Waals surface area (Å²) in [5.41, 5.74) is 1.99. The van der Waals surface area contributed by atoms with E-state index in [0.717, 1.165) is 81.2 Å². The zero-order valence-electron chi connectivity index (χ0n) is 18.8. The second kappa shape index (κ2) is 9.73. The third-order valence-corrected chi connectivity index (χ3v) is 6.61. The van der Waals surface area contributed by atoms with Crippen molar-refractivity contribution in [3.8, 4) is 11.5 Å². The number of piperidine rings is 2. The van der Waals surface area contributed by atoms with E-state index < -0.39 is 0 Å². The molecule has 2 aliphatic heterocycles. The number of rotatable bonds is 6. The number of carbonyl (C=O) groups excluding carboxylic acids is 1. The van der Waals surface area contributed by atoms with E-state index in [0.29, 0.717) is 11.7 Å². The number of likely N-dealkylation sites (tertiary alicyclic amines) is 2. The molecule has 1 atom stereocenters. The highest BCUT2D eigenvalue weighted by Gasteiger charge is 2.28. The Hall–Kier alpha value is -2.54. The molecule has 0 aliphatic carbocycles. The van der Waals surface area contributed by atoms with Gasteiger partial charge in [0.05, 0.1) is 19.9 Å². The molecule has 1 unspecified atom stereocenters. The predicted molar refractivity (Wildman–Crippen MR) is 118 cm³/mol. The summed E-state index contributed by atoms with van der Waals surface area (Å²) in [6.45, 7) is 6.52. The number of amides is 1. The van der Waals surface area contributed by atoms with Crippen LogP contribution in [0.3, 0.4) is 0 Å². The number of aromatic nitrogens is 1. The van der Waals surface area contributed by atoms with E-state index in [9.17, 15) is 4.79 Å². The Morgan fingerprint density at radius 3 is 2.71 bits per heavy atom. The summed E-state index contributed by atoms with van der Waals surface area (Å²) in [7, 11) is 3.34. The van der Waals surface area contributed by atoms with Crippen molar-refractivity contribution in [2.45, 2.75) is 45.1 Å². The number of hydrogen-bond acceptors (Lipinski definition) is 6. The Morgan fingerprint density at radius 1 is 1.16 bits per heavy atom. The fourth-order valence-electron chi connectivity index (χ4n) is 4.71. The molecule has 7 nitrogen and oxygen atoms in total. The Bertz CT molecular complexity index is 889. The molecular weight excluding hydrogens is 394 g/mol. The smallest absolute Gasteiger partial charge is 0.292 e. The summed E-state index contributed by atoms with van der Waals surface area (Å²) in [6, 6.07) is 7.85. The SMILES string of the molecule is COc1cccc(CN2CCCC(c3cc(C(=O)N4CCC(C)CC4)on3)C2)c1OC. The highest BCUT2D eigenvalue weighted by atomic mass is 16.5. The summed E-state index contributed by atoms with van der Waals surface area (Å²) in [4.78, 5) is 17.1. The van der Waals surface area contributed by atoms with Gasteiger partial charge in [-0.1, -0.05) is 24.2 Å². The van der Waals surface area contributed by atoms with Gasteiger partial charge in [0.15, 0.2) is 11.5 Å². The average molecular weight is 428 g/mol. The Kier molecular flexibility index (Phi) is 6.80. The van der Waals surface area contributed by atoms with Gasteiger partial charge in [0.25, 0.3) is 5.91 Å². The first-order valence-electron chi connectivity index (χ1n) is 11.3. The maximum atomic E-state index is 12.8. The molecule has 2 aromatic rings. The van der Waals surface area contributed by atoms with Gasteiger partial charge in [-0.15, -0.1) is 0 Å². The van der Waals surface area contributed by atoms with Crippen molar-refractivity contribution in [3.63, 3.8) is 0 Å². The molecule has 4 rings (SSSR count). The van der Waals surface area contributed by atoms with Crippen LogP contribution >= 0.6 is 0 Å². The van der Waals surface area contributed by atoms with Crippen LogP contribution in [0.5, 0.6) is 11.5 Å². The van der Waals surface area contributed by atoms with Crippen molar-refractivity contribution >= 4 is 5.91 Å². The molecule has 2 fully saturated rings. The van der Waals surface area contributed by atoms with Crippen LogP contribution in [0.4, 0.5) is 0 Å². The van der Waals surface area contributed by atoms with Crippen molar-refractivity contribution in [1.29, 1.82) is 0 Å². The summed E-state index contributed by atoms with van der Waals surface area (Å²) in [5.74, 6) is 2.83. The Balaban J connectivity index is 1.41. The molecular formula is C24H33N3O4. The van der Waals surface area contributed by atoms with E-state index in [-0.39, 0.29) is 11.8 Å². The quantitative estimate of drug-likeness (QED) is 0.696. The van der Waals surface area contributed by atoms with Crippen molar-refractivity contribution in [2.24, 2.45) is 5.92 Å². The summed E-state index contributed by atoms with van der Waals surface area (Å²) < 4.78 is 16.5. The van der Waals surface area contributed by atoms with Gasteiger partial charge in [-0.3, -0.25) is 9.69 Å². The molecule has 31 heavy (non-hydrogen) atoms. The molecule has 1 aromatic carbocycles. The number of methoxy groups -OCH3 is 2. The Labute approximate surface area is 184 Å². The van der Waals surface area contributed by atoms with Gasteiger partial charge in [-0.25, -0.2) is 0 Å². The minimum absolute atomic E-state index is 0.0283. The predicted octanol–water partition coefficient (Wildman–Crippen LogP) is 3.94. The molecule has 0 spiro atoms.